The smallest absolute Gasteiger partial charge is 0.0931 e. The van der Waals surface area contributed by atoms with E-state index in [0.29, 0.717) is 0 Å². The number of aryl methyl sites for hydroxylation is 2. The summed E-state index contributed by atoms with van der Waals surface area (Å²) < 4.78 is 0.871. The van der Waals surface area contributed by atoms with E-state index in [2.05, 4.69) is 38.1 Å². The molecule has 17 heavy (non-hydrogen) atoms. The number of halogens is 1. The zero-order valence-corrected chi connectivity index (χ0v) is 12.5. The first kappa shape index (κ1) is 14.3. The van der Waals surface area contributed by atoms with E-state index in [1.165, 1.54) is 21.6 Å². The second-order valence-corrected chi connectivity index (χ2v) is 5.61. The van der Waals surface area contributed by atoms with Gasteiger partial charge in [-0.1, -0.05) is 49.2 Å². The lowest BCUT2D eigenvalue weighted by atomic mass is 10.0. The van der Waals surface area contributed by atoms with Crippen LogP contribution in [-0.4, -0.2) is 0 Å². The summed E-state index contributed by atoms with van der Waals surface area (Å²) in [6.07, 6.45) is 0.991. The number of benzene rings is 1. The van der Waals surface area contributed by atoms with E-state index in [1.807, 2.05) is 19.9 Å². The van der Waals surface area contributed by atoms with Crippen molar-refractivity contribution in [3.8, 4) is 0 Å². The van der Waals surface area contributed by atoms with E-state index in [1.54, 1.807) is 11.3 Å². The third kappa shape index (κ3) is 4.18. The molecule has 0 spiro atoms. The molecule has 0 aliphatic carbocycles. The monoisotopic (exact) mass is 266 g/mol. The van der Waals surface area contributed by atoms with Crippen LogP contribution in [0, 0.1) is 13.8 Å². The molecule has 0 aliphatic heterocycles. The van der Waals surface area contributed by atoms with Crippen molar-refractivity contribution in [1.82, 2.24) is 0 Å². The number of thiophene rings is 1. The minimum absolute atomic E-state index is 0.871. The van der Waals surface area contributed by atoms with Gasteiger partial charge in [0.2, 0.25) is 0 Å². The predicted molar refractivity (Wildman–Crippen MR) is 79.4 cm³/mol. The Morgan fingerprint density at radius 2 is 1.76 bits per heavy atom. The molecule has 0 N–H and O–H groups in total. The largest absolute Gasteiger partial charge is 0.128 e. The fourth-order valence-electron chi connectivity index (χ4n) is 1.63. The summed E-state index contributed by atoms with van der Waals surface area (Å²) in [5.74, 6) is 0. The highest BCUT2D eigenvalue weighted by Gasteiger charge is 2.03. The highest BCUT2D eigenvalue weighted by Crippen LogP contribution is 2.25. The van der Waals surface area contributed by atoms with Crippen LogP contribution in [0.5, 0.6) is 0 Å². The second kappa shape index (κ2) is 6.83. The van der Waals surface area contributed by atoms with Crippen LogP contribution < -0.4 is 0 Å². The lowest BCUT2D eigenvalue weighted by molar-refractivity contribution is 1.18. The molecule has 2 heteroatoms. The Bertz CT molecular complexity index is 472. The van der Waals surface area contributed by atoms with Crippen LogP contribution >= 0.6 is 22.9 Å². The molecular weight excluding hydrogens is 248 g/mol. The molecule has 92 valence electrons. The molecular formula is C15H19ClS. The summed E-state index contributed by atoms with van der Waals surface area (Å²) in [6.45, 7) is 8.29. The molecule has 2 rings (SSSR count). The lowest BCUT2D eigenvalue weighted by Gasteiger charge is -2.05. The molecule has 0 radical (unpaired) electrons. The second-order valence-electron chi connectivity index (χ2n) is 3.81. The van der Waals surface area contributed by atoms with Crippen LogP contribution in [0.15, 0.2) is 30.3 Å². The van der Waals surface area contributed by atoms with Crippen LogP contribution in [0.4, 0.5) is 0 Å². The summed E-state index contributed by atoms with van der Waals surface area (Å²) in [5, 5.41) is 0. The summed E-state index contributed by atoms with van der Waals surface area (Å²) in [7, 11) is 0. The number of hydrogen-bond donors (Lipinski definition) is 0. The van der Waals surface area contributed by atoms with E-state index in [-0.39, 0.29) is 0 Å². The van der Waals surface area contributed by atoms with Crippen molar-refractivity contribution in [2.45, 2.75) is 34.1 Å². The first-order valence-corrected chi connectivity index (χ1v) is 7.15. The van der Waals surface area contributed by atoms with Crippen LogP contribution in [0.3, 0.4) is 0 Å². The zero-order chi connectivity index (χ0) is 12.8. The van der Waals surface area contributed by atoms with E-state index >= 15 is 0 Å². The molecule has 1 aromatic carbocycles. The third-order valence-electron chi connectivity index (χ3n) is 2.50. The minimum atomic E-state index is 0.871. The number of rotatable bonds is 2. The molecule has 0 nitrogen and oxygen atoms in total. The van der Waals surface area contributed by atoms with Gasteiger partial charge in [0.15, 0.2) is 0 Å². The molecule has 0 bridgehead atoms. The predicted octanol–water partition coefficient (Wildman–Crippen LogP) is 5.64. The molecule has 0 fully saturated rings. The van der Waals surface area contributed by atoms with Crippen molar-refractivity contribution in [1.29, 1.82) is 0 Å². The third-order valence-corrected chi connectivity index (χ3v) is 3.73. The normalized spacial score (nSPS) is 9.71. The van der Waals surface area contributed by atoms with Gasteiger partial charge in [0.1, 0.15) is 0 Å². The standard InChI is InChI=1S/C13H13ClS.C2H6/c1-9-3-4-10(2)11(7-9)8-12-5-6-13(14)15-12;1-2/h3-7H,8H2,1-2H3;1-2H3. The van der Waals surface area contributed by atoms with Crippen molar-refractivity contribution < 1.29 is 0 Å². The van der Waals surface area contributed by atoms with Crippen molar-refractivity contribution in [3.63, 3.8) is 0 Å². The van der Waals surface area contributed by atoms with Crippen molar-refractivity contribution >= 4 is 22.9 Å². The highest BCUT2D eigenvalue weighted by atomic mass is 35.5. The fraction of sp³-hybridized carbons (Fsp3) is 0.333. The van der Waals surface area contributed by atoms with Crippen molar-refractivity contribution in [2.75, 3.05) is 0 Å². The number of hydrogen-bond acceptors (Lipinski definition) is 1. The molecule has 0 amide bonds. The van der Waals surface area contributed by atoms with Gasteiger partial charge in [-0.15, -0.1) is 11.3 Å². The molecule has 0 aliphatic rings. The fourth-order valence-corrected chi connectivity index (χ4v) is 2.74. The first-order chi connectivity index (χ1) is 8.15. The van der Waals surface area contributed by atoms with Crippen LogP contribution in [0.1, 0.15) is 35.4 Å². The lowest BCUT2D eigenvalue weighted by Crippen LogP contribution is -1.90. The van der Waals surface area contributed by atoms with Gasteiger partial charge in [0.25, 0.3) is 0 Å². The van der Waals surface area contributed by atoms with Crippen LogP contribution in [-0.2, 0) is 6.42 Å². The topological polar surface area (TPSA) is 0 Å². The minimum Gasteiger partial charge on any atom is -0.128 e. The molecule has 0 saturated carbocycles. The highest BCUT2D eigenvalue weighted by molar-refractivity contribution is 7.16. The van der Waals surface area contributed by atoms with Crippen molar-refractivity contribution in [3.05, 3.63) is 56.2 Å². The summed E-state index contributed by atoms with van der Waals surface area (Å²) in [6, 6.07) is 10.7. The van der Waals surface area contributed by atoms with Gasteiger partial charge in [0, 0.05) is 11.3 Å². The molecule has 0 saturated heterocycles. The van der Waals surface area contributed by atoms with E-state index in [4.69, 9.17) is 11.6 Å². The zero-order valence-electron chi connectivity index (χ0n) is 10.9. The van der Waals surface area contributed by atoms with Gasteiger partial charge in [-0.05, 0) is 37.1 Å². The Morgan fingerprint density at radius 1 is 1.06 bits per heavy atom. The average Bonchev–Trinajstić information content (AvgIpc) is 2.72. The average molecular weight is 267 g/mol. The van der Waals surface area contributed by atoms with Gasteiger partial charge in [-0.25, -0.2) is 0 Å². The van der Waals surface area contributed by atoms with E-state index in [9.17, 15) is 0 Å². The first-order valence-electron chi connectivity index (χ1n) is 5.95. The quantitative estimate of drug-likeness (QED) is 0.660. The summed E-state index contributed by atoms with van der Waals surface area (Å²) in [4.78, 5) is 1.33. The maximum Gasteiger partial charge on any atom is 0.0931 e. The maximum absolute atomic E-state index is 5.92. The summed E-state index contributed by atoms with van der Waals surface area (Å²) in [5.41, 5.74) is 4.07. The van der Waals surface area contributed by atoms with Gasteiger partial charge in [-0.2, -0.15) is 0 Å². The molecule has 0 atom stereocenters. The Hall–Kier alpha value is -0.790. The Labute approximate surface area is 113 Å². The van der Waals surface area contributed by atoms with Crippen molar-refractivity contribution in [2.24, 2.45) is 0 Å². The summed E-state index contributed by atoms with van der Waals surface area (Å²) >= 11 is 7.58. The molecule has 1 aromatic heterocycles. The van der Waals surface area contributed by atoms with Crippen LogP contribution in [0.25, 0.3) is 0 Å². The maximum atomic E-state index is 5.92. The molecule has 2 aromatic rings. The van der Waals surface area contributed by atoms with Gasteiger partial charge in [0.05, 0.1) is 4.34 Å². The molecule has 0 unspecified atom stereocenters. The molecule has 1 heterocycles. The van der Waals surface area contributed by atoms with Gasteiger partial charge in [-0.3, -0.25) is 0 Å². The van der Waals surface area contributed by atoms with E-state index in [0.717, 1.165) is 10.8 Å². The van der Waals surface area contributed by atoms with E-state index < -0.39 is 0 Å². The Balaban J connectivity index is 0.000000686. The Morgan fingerprint density at radius 3 is 2.35 bits per heavy atom. The van der Waals surface area contributed by atoms with Gasteiger partial charge < -0.3 is 0 Å². The van der Waals surface area contributed by atoms with Crippen LogP contribution in [0.2, 0.25) is 4.34 Å². The SMILES string of the molecule is CC.Cc1ccc(C)c(Cc2ccc(Cl)s2)c1. The van der Waals surface area contributed by atoms with Gasteiger partial charge >= 0.3 is 0 Å². The Kier molecular flexibility index (Phi) is 5.73.